The molecular formula is C12H12ClN3OS. The van der Waals surface area contributed by atoms with E-state index in [0.29, 0.717) is 9.60 Å². The van der Waals surface area contributed by atoms with E-state index in [9.17, 15) is 5.11 Å². The van der Waals surface area contributed by atoms with E-state index in [0.717, 1.165) is 6.42 Å². The van der Waals surface area contributed by atoms with E-state index in [-0.39, 0.29) is 18.6 Å². The molecule has 1 aromatic carbocycles. The number of aliphatic hydroxyl groups is 1. The lowest BCUT2D eigenvalue weighted by molar-refractivity contribution is 0.219. The summed E-state index contributed by atoms with van der Waals surface area (Å²) < 4.78 is 0.421. The number of hydrogen-bond acceptors (Lipinski definition) is 5. The molecule has 94 valence electrons. The minimum atomic E-state index is 0.0789. The first kappa shape index (κ1) is 11.9. The quantitative estimate of drug-likeness (QED) is 0.908. The minimum absolute atomic E-state index is 0.0789. The van der Waals surface area contributed by atoms with Gasteiger partial charge in [0.25, 0.3) is 0 Å². The predicted molar refractivity (Wildman–Crippen MR) is 72.0 cm³/mol. The number of aliphatic hydroxyl groups excluding tert-OH is 1. The lowest BCUT2D eigenvalue weighted by atomic mass is 10.0. The smallest absolute Gasteiger partial charge is 0.208 e. The molecular weight excluding hydrogens is 270 g/mol. The molecule has 1 aliphatic carbocycles. The molecule has 0 unspecified atom stereocenters. The third-order valence-electron chi connectivity index (χ3n) is 3.26. The summed E-state index contributed by atoms with van der Waals surface area (Å²) in [5.74, 6) is 0.171. The van der Waals surface area contributed by atoms with Crippen molar-refractivity contribution in [3.05, 3.63) is 39.9 Å². The van der Waals surface area contributed by atoms with E-state index in [1.807, 2.05) is 12.1 Å². The fourth-order valence-electron chi connectivity index (χ4n) is 2.44. The second-order valence-electron chi connectivity index (χ2n) is 4.33. The van der Waals surface area contributed by atoms with Crippen LogP contribution in [0.5, 0.6) is 0 Å². The zero-order chi connectivity index (χ0) is 12.5. The molecule has 3 rings (SSSR count). The summed E-state index contributed by atoms with van der Waals surface area (Å²) in [6.45, 7) is 0.152. The Kier molecular flexibility index (Phi) is 3.20. The molecule has 6 heteroatoms. The molecule has 1 heterocycles. The van der Waals surface area contributed by atoms with Crippen molar-refractivity contribution >= 4 is 28.1 Å². The molecule has 0 radical (unpaired) electrons. The van der Waals surface area contributed by atoms with Gasteiger partial charge < -0.3 is 10.4 Å². The molecule has 18 heavy (non-hydrogen) atoms. The first-order valence-corrected chi connectivity index (χ1v) is 6.91. The normalized spacial score (nSPS) is 21.9. The van der Waals surface area contributed by atoms with Gasteiger partial charge in [-0.2, -0.15) is 0 Å². The zero-order valence-electron chi connectivity index (χ0n) is 9.51. The standard InChI is InChI=1S/C12H12ClN3OS/c13-11-15-16-12(18-11)14-10-8(6-17)5-7-3-1-2-4-9(7)10/h1-4,8,10,17H,5-6H2,(H,14,16)/t8-,10+/m0/s1. The van der Waals surface area contributed by atoms with Gasteiger partial charge in [-0.1, -0.05) is 35.6 Å². The number of anilines is 1. The lowest BCUT2D eigenvalue weighted by Gasteiger charge is -2.19. The van der Waals surface area contributed by atoms with Crippen LogP contribution in [0.4, 0.5) is 5.13 Å². The van der Waals surface area contributed by atoms with Gasteiger partial charge in [0.2, 0.25) is 9.60 Å². The van der Waals surface area contributed by atoms with Crippen LogP contribution < -0.4 is 5.32 Å². The molecule has 2 aromatic rings. The topological polar surface area (TPSA) is 58.0 Å². The fraction of sp³-hybridized carbons (Fsp3) is 0.333. The molecule has 2 atom stereocenters. The number of nitrogens with zero attached hydrogens (tertiary/aromatic N) is 2. The summed E-state index contributed by atoms with van der Waals surface area (Å²) in [5, 5.41) is 21.2. The third kappa shape index (κ3) is 2.09. The van der Waals surface area contributed by atoms with Crippen molar-refractivity contribution in [3.63, 3.8) is 0 Å². The first-order chi connectivity index (χ1) is 8.78. The second kappa shape index (κ2) is 4.84. The number of halogens is 1. The Morgan fingerprint density at radius 3 is 2.94 bits per heavy atom. The van der Waals surface area contributed by atoms with Crippen LogP contribution in [0.25, 0.3) is 0 Å². The highest BCUT2D eigenvalue weighted by Crippen LogP contribution is 2.38. The Balaban J connectivity index is 1.89. The van der Waals surface area contributed by atoms with Crippen LogP contribution in [0.2, 0.25) is 4.47 Å². The lowest BCUT2D eigenvalue weighted by Crippen LogP contribution is -2.19. The molecule has 1 aliphatic rings. The molecule has 0 saturated heterocycles. The summed E-state index contributed by atoms with van der Waals surface area (Å²) in [6.07, 6.45) is 0.886. The fourth-order valence-corrected chi connectivity index (χ4v) is 3.21. The number of benzene rings is 1. The maximum Gasteiger partial charge on any atom is 0.208 e. The van der Waals surface area contributed by atoms with Crippen molar-refractivity contribution in [1.29, 1.82) is 0 Å². The van der Waals surface area contributed by atoms with Crippen LogP contribution in [-0.2, 0) is 6.42 Å². The summed E-state index contributed by atoms with van der Waals surface area (Å²) >= 11 is 7.08. The van der Waals surface area contributed by atoms with Crippen molar-refractivity contribution in [2.24, 2.45) is 5.92 Å². The van der Waals surface area contributed by atoms with Crippen LogP contribution in [0, 0.1) is 5.92 Å². The van der Waals surface area contributed by atoms with E-state index in [1.54, 1.807) is 0 Å². The summed E-state index contributed by atoms with van der Waals surface area (Å²) in [5.41, 5.74) is 2.51. The van der Waals surface area contributed by atoms with E-state index < -0.39 is 0 Å². The predicted octanol–water partition coefficient (Wildman–Crippen LogP) is 2.51. The Bertz CT molecular complexity index is 560. The van der Waals surface area contributed by atoms with Crippen LogP contribution in [0.15, 0.2) is 24.3 Å². The van der Waals surface area contributed by atoms with Crippen LogP contribution in [0.1, 0.15) is 17.2 Å². The van der Waals surface area contributed by atoms with Gasteiger partial charge in [-0.3, -0.25) is 0 Å². The highest BCUT2D eigenvalue weighted by atomic mass is 35.5. The van der Waals surface area contributed by atoms with Crippen molar-refractivity contribution in [1.82, 2.24) is 10.2 Å². The number of fused-ring (bicyclic) bond motifs is 1. The van der Waals surface area contributed by atoms with E-state index in [2.05, 4.69) is 27.6 Å². The van der Waals surface area contributed by atoms with Crippen molar-refractivity contribution in [2.75, 3.05) is 11.9 Å². The van der Waals surface area contributed by atoms with Gasteiger partial charge in [0.1, 0.15) is 0 Å². The van der Waals surface area contributed by atoms with Gasteiger partial charge in [0.05, 0.1) is 6.04 Å². The maximum absolute atomic E-state index is 9.49. The third-order valence-corrected chi connectivity index (χ3v) is 4.21. The molecule has 4 nitrogen and oxygen atoms in total. The number of nitrogens with one attached hydrogen (secondary N) is 1. The van der Waals surface area contributed by atoms with Crippen molar-refractivity contribution < 1.29 is 5.11 Å². The van der Waals surface area contributed by atoms with Crippen molar-refractivity contribution in [2.45, 2.75) is 12.5 Å². The SMILES string of the molecule is OC[C@@H]1Cc2ccccc2[C@@H]1Nc1nnc(Cl)s1. The Morgan fingerprint density at radius 2 is 2.22 bits per heavy atom. The monoisotopic (exact) mass is 281 g/mol. The number of rotatable bonds is 3. The molecule has 0 amide bonds. The Morgan fingerprint density at radius 1 is 1.39 bits per heavy atom. The maximum atomic E-state index is 9.49. The second-order valence-corrected chi connectivity index (χ2v) is 5.89. The van der Waals surface area contributed by atoms with Gasteiger partial charge in [-0.05, 0) is 29.1 Å². The Labute approximate surface area is 114 Å². The summed E-state index contributed by atoms with van der Waals surface area (Å²) in [4.78, 5) is 0. The van der Waals surface area contributed by atoms with Gasteiger partial charge in [-0.15, -0.1) is 10.2 Å². The van der Waals surface area contributed by atoms with Gasteiger partial charge >= 0.3 is 0 Å². The minimum Gasteiger partial charge on any atom is -0.396 e. The van der Waals surface area contributed by atoms with E-state index in [1.165, 1.54) is 22.5 Å². The van der Waals surface area contributed by atoms with E-state index in [4.69, 9.17) is 11.6 Å². The largest absolute Gasteiger partial charge is 0.396 e. The molecule has 2 N–H and O–H groups in total. The molecule has 0 bridgehead atoms. The Hall–Kier alpha value is -1.17. The molecule has 0 spiro atoms. The molecule has 0 fully saturated rings. The summed E-state index contributed by atoms with van der Waals surface area (Å²) in [6, 6.07) is 8.31. The van der Waals surface area contributed by atoms with Crippen molar-refractivity contribution in [3.8, 4) is 0 Å². The first-order valence-electron chi connectivity index (χ1n) is 5.72. The average Bonchev–Trinajstić information content (AvgIpc) is 2.94. The number of aromatic nitrogens is 2. The molecule has 1 aromatic heterocycles. The van der Waals surface area contributed by atoms with Crippen LogP contribution in [0.3, 0.4) is 0 Å². The molecule has 0 aliphatic heterocycles. The van der Waals surface area contributed by atoms with Crippen LogP contribution in [-0.4, -0.2) is 21.9 Å². The average molecular weight is 282 g/mol. The van der Waals surface area contributed by atoms with E-state index >= 15 is 0 Å². The number of hydrogen-bond donors (Lipinski definition) is 2. The van der Waals surface area contributed by atoms with Crippen LogP contribution >= 0.6 is 22.9 Å². The highest BCUT2D eigenvalue weighted by molar-refractivity contribution is 7.19. The van der Waals surface area contributed by atoms with Gasteiger partial charge in [0.15, 0.2) is 0 Å². The summed E-state index contributed by atoms with van der Waals surface area (Å²) in [7, 11) is 0. The molecule has 0 saturated carbocycles. The highest BCUT2D eigenvalue weighted by Gasteiger charge is 2.32. The van der Waals surface area contributed by atoms with Gasteiger partial charge in [0, 0.05) is 12.5 Å². The zero-order valence-corrected chi connectivity index (χ0v) is 11.1. The van der Waals surface area contributed by atoms with Gasteiger partial charge in [-0.25, -0.2) is 0 Å².